The van der Waals surface area contributed by atoms with Crippen LogP contribution >= 0.6 is 0 Å². The van der Waals surface area contributed by atoms with Gasteiger partial charge in [-0.1, -0.05) is 49.2 Å². The lowest BCUT2D eigenvalue weighted by atomic mass is 9.34. The van der Waals surface area contributed by atoms with Gasteiger partial charge in [0.1, 0.15) is 5.82 Å². The van der Waals surface area contributed by atoms with Crippen molar-refractivity contribution in [1.29, 1.82) is 0 Å². The van der Waals surface area contributed by atoms with E-state index in [-0.39, 0.29) is 17.8 Å². The molecule has 5 nitrogen and oxygen atoms in total. The Balaban J connectivity index is 0.929. The molecule has 34 heavy (non-hydrogen) atoms. The number of hydrogen-bond donors (Lipinski definition) is 0. The van der Waals surface area contributed by atoms with E-state index in [4.69, 9.17) is 0 Å². The van der Waals surface area contributed by atoms with Gasteiger partial charge in [0.2, 0.25) is 5.91 Å². The standard InChI is InChI=1S/C28H31FN4O/c29-23-10-7-11-25-22(23)16-31-32(25)20-28-17-27(18-28,19-28)14-6-2-5-12-26(34)33-24(13-15-30-33)21-8-3-1-4-9-21/h1,3-4,7-11,15-16,24H,2,5-6,12-14,17-20H2. The summed E-state index contributed by atoms with van der Waals surface area (Å²) in [5.41, 5.74) is 2.93. The van der Waals surface area contributed by atoms with Crippen LogP contribution in [0.4, 0.5) is 4.39 Å². The molecule has 3 aromatic rings. The smallest absolute Gasteiger partial charge is 0.243 e. The maximum atomic E-state index is 14.0. The molecule has 2 bridgehead atoms. The Morgan fingerprint density at radius 1 is 1.00 bits per heavy atom. The largest absolute Gasteiger partial charge is 0.273 e. The second kappa shape index (κ2) is 8.33. The number of hydrogen-bond acceptors (Lipinski definition) is 3. The second-order valence-electron chi connectivity index (χ2n) is 10.8. The van der Waals surface area contributed by atoms with Gasteiger partial charge in [-0.3, -0.25) is 9.48 Å². The van der Waals surface area contributed by atoms with E-state index < -0.39 is 0 Å². The maximum Gasteiger partial charge on any atom is 0.243 e. The summed E-state index contributed by atoms with van der Waals surface area (Å²) in [7, 11) is 0. The highest BCUT2D eigenvalue weighted by molar-refractivity contribution is 5.80. The molecule has 2 heterocycles. The van der Waals surface area contributed by atoms with Crippen molar-refractivity contribution in [1.82, 2.24) is 14.8 Å². The molecule has 0 radical (unpaired) electrons. The van der Waals surface area contributed by atoms with Crippen LogP contribution in [0.5, 0.6) is 0 Å². The zero-order valence-electron chi connectivity index (χ0n) is 19.5. The summed E-state index contributed by atoms with van der Waals surface area (Å²) < 4.78 is 15.9. The van der Waals surface area contributed by atoms with Crippen molar-refractivity contribution in [3.8, 4) is 0 Å². The summed E-state index contributed by atoms with van der Waals surface area (Å²) in [6.07, 6.45) is 13.1. The van der Waals surface area contributed by atoms with Gasteiger partial charge in [0.05, 0.1) is 23.1 Å². The summed E-state index contributed by atoms with van der Waals surface area (Å²) in [5, 5.41) is 11.1. The molecule has 4 aliphatic rings. The molecule has 176 valence electrons. The van der Waals surface area contributed by atoms with Crippen molar-refractivity contribution in [2.75, 3.05) is 0 Å². The maximum absolute atomic E-state index is 14.0. The van der Waals surface area contributed by atoms with Crippen LogP contribution in [0.25, 0.3) is 10.9 Å². The molecule has 2 aromatic carbocycles. The summed E-state index contributed by atoms with van der Waals surface area (Å²) >= 11 is 0. The van der Waals surface area contributed by atoms with Crippen LogP contribution in [0.2, 0.25) is 0 Å². The van der Waals surface area contributed by atoms with Crippen molar-refractivity contribution < 1.29 is 9.18 Å². The van der Waals surface area contributed by atoms with Crippen LogP contribution in [0, 0.1) is 16.6 Å². The zero-order valence-corrected chi connectivity index (χ0v) is 19.5. The van der Waals surface area contributed by atoms with Gasteiger partial charge in [-0.05, 0) is 60.6 Å². The molecule has 0 spiro atoms. The first-order valence-electron chi connectivity index (χ1n) is 12.6. The molecule has 3 saturated carbocycles. The van der Waals surface area contributed by atoms with E-state index in [1.54, 1.807) is 17.3 Å². The fraction of sp³-hybridized carbons (Fsp3) is 0.464. The summed E-state index contributed by atoms with van der Waals surface area (Å²) in [6, 6.07) is 15.5. The molecule has 1 unspecified atom stereocenters. The Bertz CT molecular complexity index is 1210. The number of halogens is 1. The minimum atomic E-state index is -0.191. The Morgan fingerprint density at radius 2 is 1.82 bits per heavy atom. The molecule has 1 atom stereocenters. The van der Waals surface area contributed by atoms with Crippen LogP contribution in [-0.2, 0) is 11.3 Å². The first kappa shape index (κ1) is 21.5. The normalized spacial score (nSPS) is 27.1. The van der Waals surface area contributed by atoms with E-state index in [1.807, 2.05) is 35.2 Å². The molecule has 1 amide bonds. The van der Waals surface area contributed by atoms with E-state index in [2.05, 4.69) is 22.3 Å². The van der Waals surface area contributed by atoms with E-state index in [0.29, 0.717) is 22.6 Å². The summed E-state index contributed by atoms with van der Waals surface area (Å²) in [4.78, 5) is 12.8. The van der Waals surface area contributed by atoms with Crippen LogP contribution in [-0.4, -0.2) is 26.9 Å². The van der Waals surface area contributed by atoms with Crippen LogP contribution in [0.1, 0.15) is 69.4 Å². The number of carbonyl (C=O) groups is 1. The molecule has 7 rings (SSSR count). The minimum Gasteiger partial charge on any atom is -0.273 e. The van der Waals surface area contributed by atoms with Gasteiger partial charge in [-0.2, -0.15) is 10.2 Å². The van der Waals surface area contributed by atoms with Gasteiger partial charge in [0, 0.05) is 25.6 Å². The predicted octanol–water partition coefficient (Wildman–Crippen LogP) is 6.26. The third-order valence-corrected chi connectivity index (χ3v) is 8.24. The first-order chi connectivity index (χ1) is 16.6. The molecule has 1 aliphatic heterocycles. The Labute approximate surface area is 199 Å². The molecule has 3 aliphatic carbocycles. The SMILES string of the molecule is O=C(CCCCCC12CC(Cn3ncc4c(F)cccc43)(C1)C2)N1N=CCC1c1ccccc1. The fourth-order valence-corrected chi connectivity index (χ4v) is 6.85. The van der Waals surface area contributed by atoms with Crippen molar-refractivity contribution >= 4 is 23.0 Å². The number of carbonyl (C=O) groups excluding carboxylic acids is 1. The lowest BCUT2D eigenvalue weighted by Gasteiger charge is -2.71. The van der Waals surface area contributed by atoms with Gasteiger partial charge in [0.25, 0.3) is 0 Å². The van der Waals surface area contributed by atoms with Gasteiger partial charge in [-0.15, -0.1) is 0 Å². The van der Waals surface area contributed by atoms with E-state index in [1.165, 1.54) is 38.2 Å². The number of amides is 1. The third kappa shape index (κ3) is 3.73. The fourth-order valence-electron chi connectivity index (χ4n) is 6.85. The lowest BCUT2D eigenvalue weighted by molar-refractivity contribution is -0.216. The number of benzene rings is 2. The van der Waals surface area contributed by atoms with Crippen molar-refractivity contribution in [2.45, 2.75) is 70.4 Å². The quantitative estimate of drug-likeness (QED) is 0.356. The third-order valence-electron chi connectivity index (χ3n) is 8.24. The van der Waals surface area contributed by atoms with Gasteiger partial charge >= 0.3 is 0 Å². The Hall–Kier alpha value is -3.02. The van der Waals surface area contributed by atoms with Crippen LogP contribution < -0.4 is 0 Å². The number of rotatable bonds is 9. The van der Waals surface area contributed by atoms with E-state index in [9.17, 15) is 9.18 Å². The number of nitrogens with zero attached hydrogens (tertiary/aromatic N) is 4. The van der Waals surface area contributed by atoms with Crippen LogP contribution in [0.15, 0.2) is 59.8 Å². The monoisotopic (exact) mass is 458 g/mol. The summed E-state index contributed by atoms with van der Waals surface area (Å²) in [5.74, 6) is -0.0571. The van der Waals surface area contributed by atoms with E-state index in [0.717, 1.165) is 36.9 Å². The molecular weight excluding hydrogens is 427 g/mol. The average Bonchev–Trinajstić information content (AvgIpc) is 3.45. The molecule has 3 fully saturated rings. The minimum absolute atomic E-state index is 0.0501. The lowest BCUT2D eigenvalue weighted by Crippen LogP contribution is -2.63. The number of aromatic nitrogens is 2. The second-order valence-corrected chi connectivity index (χ2v) is 10.8. The summed E-state index contributed by atoms with van der Waals surface area (Å²) in [6.45, 7) is 0.898. The Kier molecular flexibility index (Phi) is 5.27. The first-order valence-corrected chi connectivity index (χ1v) is 12.6. The highest BCUT2D eigenvalue weighted by atomic mass is 19.1. The molecular formula is C28H31FN4O. The van der Waals surface area contributed by atoms with Crippen molar-refractivity contribution in [2.24, 2.45) is 15.9 Å². The molecule has 0 N–H and O–H groups in total. The highest BCUT2D eigenvalue weighted by Gasteiger charge is 2.66. The number of hydrazone groups is 1. The van der Waals surface area contributed by atoms with E-state index >= 15 is 0 Å². The molecule has 0 saturated heterocycles. The van der Waals surface area contributed by atoms with Gasteiger partial charge in [0.15, 0.2) is 0 Å². The molecule has 1 aromatic heterocycles. The molecule has 6 heteroatoms. The van der Waals surface area contributed by atoms with Crippen molar-refractivity contribution in [3.63, 3.8) is 0 Å². The number of fused-ring (bicyclic) bond motifs is 1. The Morgan fingerprint density at radius 3 is 2.65 bits per heavy atom. The zero-order chi connectivity index (χ0) is 23.2. The van der Waals surface area contributed by atoms with Crippen molar-refractivity contribution in [3.05, 3.63) is 66.1 Å². The topological polar surface area (TPSA) is 50.5 Å². The van der Waals surface area contributed by atoms with Gasteiger partial charge < -0.3 is 0 Å². The average molecular weight is 459 g/mol. The van der Waals surface area contributed by atoms with Gasteiger partial charge in [-0.25, -0.2) is 9.40 Å². The highest BCUT2D eigenvalue weighted by Crippen LogP contribution is 2.75. The number of unbranched alkanes of at least 4 members (excludes halogenated alkanes) is 2. The van der Waals surface area contributed by atoms with Crippen LogP contribution in [0.3, 0.4) is 0 Å². The predicted molar refractivity (Wildman–Crippen MR) is 131 cm³/mol.